The molecule has 5 nitrogen and oxygen atoms in total. The third-order valence-electron chi connectivity index (χ3n) is 4.81. The van der Waals surface area contributed by atoms with Gasteiger partial charge in [0.2, 0.25) is 11.8 Å². The minimum Gasteiger partial charge on any atom is -0.419 e. The normalized spacial score (nSPS) is 18.6. The summed E-state index contributed by atoms with van der Waals surface area (Å²) in [7, 11) is 0. The molecule has 134 valence electrons. The van der Waals surface area contributed by atoms with Crippen LogP contribution in [0.5, 0.6) is 0 Å². The summed E-state index contributed by atoms with van der Waals surface area (Å²) in [5.74, 6) is 0.862. The molecule has 1 aromatic carbocycles. The van der Waals surface area contributed by atoms with Crippen molar-refractivity contribution in [1.82, 2.24) is 20.1 Å². The zero-order valence-corrected chi connectivity index (χ0v) is 14.5. The average Bonchev–Trinajstić information content (AvgIpc) is 3.01. The van der Waals surface area contributed by atoms with Crippen LogP contribution in [0.25, 0.3) is 11.5 Å². The van der Waals surface area contributed by atoms with Gasteiger partial charge in [0.05, 0.1) is 12.1 Å². The van der Waals surface area contributed by atoms with E-state index in [-0.39, 0.29) is 11.9 Å². The first-order chi connectivity index (χ1) is 12.8. The molecule has 0 spiro atoms. The van der Waals surface area contributed by atoms with Crippen molar-refractivity contribution in [3.05, 3.63) is 66.1 Å². The summed E-state index contributed by atoms with van der Waals surface area (Å²) in [5, 5.41) is 8.35. The molecule has 6 heteroatoms. The molecule has 0 N–H and O–H groups in total. The van der Waals surface area contributed by atoms with Crippen molar-refractivity contribution >= 4 is 0 Å². The Balaban J connectivity index is 1.55. The fraction of sp³-hybridized carbons (Fsp3) is 0.350. The molecule has 1 aliphatic rings. The van der Waals surface area contributed by atoms with Crippen LogP contribution < -0.4 is 0 Å². The highest BCUT2D eigenvalue weighted by molar-refractivity contribution is 5.49. The minimum atomic E-state index is -0.191. The summed E-state index contributed by atoms with van der Waals surface area (Å²) in [6, 6.07) is 10.8. The van der Waals surface area contributed by atoms with Gasteiger partial charge >= 0.3 is 0 Å². The van der Waals surface area contributed by atoms with E-state index in [4.69, 9.17) is 4.42 Å². The van der Waals surface area contributed by atoms with Gasteiger partial charge < -0.3 is 4.42 Å². The van der Waals surface area contributed by atoms with Gasteiger partial charge in [-0.3, -0.25) is 9.88 Å². The molecule has 26 heavy (non-hydrogen) atoms. The number of hydrogen-bond acceptors (Lipinski definition) is 5. The molecule has 1 atom stereocenters. The Morgan fingerprint density at radius 2 is 2.08 bits per heavy atom. The Labute approximate surface area is 151 Å². The standard InChI is InChI=1S/C20H21FN4O/c21-17-8-4-6-15(12-17)18-9-2-1-3-11-25(18)14-19-23-24-20(26-19)16-7-5-10-22-13-16/h4-8,10,12-13,18H,1-3,9,11,14H2/t18-/m1/s1. The van der Waals surface area contributed by atoms with E-state index < -0.39 is 0 Å². The smallest absolute Gasteiger partial charge is 0.249 e. The third kappa shape index (κ3) is 3.80. The molecule has 4 rings (SSSR count). The molecule has 0 saturated carbocycles. The van der Waals surface area contributed by atoms with Gasteiger partial charge in [0.15, 0.2) is 0 Å². The molecule has 1 fully saturated rings. The lowest BCUT2D eigenvalue weighted by molar-refractivity contribution is 0.174. The Kier molecular flexibility index (Phi) is 5.02. The summed E-state index contributed by atoms with van der Waals surface area (Å²) < 4.78 is 19.5. The molecular formula is C20H21FN4O. The van der Waals surface area contributed by atoms with Gasteiger partial charge in [-0.05, 0) is 49.2 Å². The van der Waals surface area contributed by atoms with Gasteiger partial charge in [-0.25, -0.2) is 4.39 Å². The maximum atomic E-state index is 13.7. The molecule has 3 heterocycles. The van der Waals surface area contributed by atoms with Crippen molar-refractivity contribution in [2.75, 3.05) is 6.54 Å². The quantitative estimate of drug-likeness (QED) is 0.697. The Bertz CT molecular complexity index is 852. The van der Waals surface area contributed by atoms with E-state index in [0.717, 1.165) is 36.9 Å². The van der Waals surface area contributed by atoms with Gasteiger partial charge in [0, 0.05) is 18.4 Å². The Morgan fingerprint density at radius 3 is 2.92 bits per heavy atom. The largest absolute Gasteiger partial charge is 0.419 e. The Hall–Kier alpha value is -2.60. The summed E-state index contributed by atoms with van der Waals surface area (Å²) in [6.45, 7) is 1.50. The van der Waals surface area contributed by atoms with E-state index in [0.29, 0.717) is 18.3 Å². The maximum Gasteiger partial charge on any atom is 0.249 e. The molecule has 3 aromatic rings. The molecular weight excluding hydrogens is 331 g/mol. The van der Waals surface area contributed by atoms with Crippen molar-refractivity contribution in [1.29, 1.82) is 0 Å². The van der Waals surface area contributed by atoms with Gasteiger partial charge in [-0.1, -0.05) is 25.0 Å². The predicted octanol–water partition coefficient (Wildman–Crippen LogP) is 4.39. The molecule has 0 radical (unpaired) electrons. The molecule has 0 bridgehead atoms. The lowest BCUT2D eigenvalue weighted by Crippen LogP contribution is -2.28. The van der Waals surface area contributed by atoms with Crippen LogP contribution in [0.15, 0.2) is 53.2 Å². The first kappa shape index (κ1) is 16.8. The van der Waals surface area contributed by atoms with Gasteiger partial charge in [0.1, 0.15) is 5.82 Å². The van der Waals surface area contributed by atoms with Crippen molar-refractivity contribution in [3.63, 3.8) is 0 Å². The Morgan fingerprint density at radius 1 is 1.12 bits per heavy atom. The van der Waals surface area contributed by atoms with Crippen LogP contribution in [0.4, 0.5) is 4.39 Å². The van der Waals surface area contributed by atoms with E-state index >= 15 is 0 Å². The average molecular weight is 352 g/mol. The molecule has 0 unspecified atom stereocenters. The summed E-state index contributed by atoms with van der Waals surface area (Å²) in [4.78, 5) is 6.41. The summed E-state index contributed by atoms with van der Waals surface area (Å²) >= 11 is 0. The number of hydrogen-bond donors (Lipinski definition) is 0. The van der Waals surface area contributed by atoms with Gasteiger partial charge in [-0.2, -0.15) is 0 Å². The second-order valence-corrected chi connectivity index (χ2v) is 6.63. The first-order valence-electron chi connectivity index (χ1n) is 9.02. The zero-order chi connectivity index (χ0) is 17.8. The first-order valence-corrected chi connectivity index (χ1v) is 9.02. The number of nitrogens with zero attached hydrogens (tertiary/aromatic N) is 4. The van der Waals surface area contributed by atoms with Gasteiger partial charge in [-0.15, -0.1) is 10.2 Å². The van der Waals surface area contributed by atoms with E-state index in [9.17, 15) is 4.39 Å². The van der Waals surface area contributed by atoms with Crippen molar-refractivity contribution < 1.29 is 8.81 Å². The van der Waals surface area contributed by atoms with Crippen LogP contribution in [-0.2, 0) is 6.54 Å². The SMILES string of the molecule is Fc1cccc([C@H]2CCCCCN2Cc2nnc(-c3cccnc3)o2)c1. The second kappa shape index (κ2) is 7.74. The number of halogens is 1. The molecule has 0 amide bonds. The van der Waals surface area contributed by atoms with Crippen LogP contribution in [0, 0.1) is 5.82 Å². The van der Waals surface area contributed by atoms with E-state index in [1.54, 1.807) is 24.5 Å². The third-order valence-corrected chi connectivity index (χ3v) is 4.81. The van der Waals surface area contributed by atoms with Crippen molar-refractivity contribution in [2.24, 2.45) is 0 Å². The summed E-state index contributed by atoms with van der Waals surface area (Å²) in [5.41, 5.74) is 1.82. The zero-order valence-electron chi connectivity index (χ0n) is 14.5. The van der Waals surface area contributed by atoms with Crippen LogP contribution >= 0.6 is 0 Å². The topological polar surface area (TPSA) is 55.1 Å². The van der Waals surface area contributed by atoms with E-state index in [1.807, 2.05) is 18.2 Å². The fourth-order valence-electron chi connectivity index (χ4n) is 3.55. The molecule has 2 aromatic heterocycles. The monoisotopic (exact) mass is 352 g/mol. The van der Waals surface area contributed by atoms with Crippen LogP contribution in [0.3, 0.4) is 0 Å². The van der Waals surface area contributed by atoms with E-state index in [2.05, 4.69) is 20.1 Å². The second-order valence-electron chi connectivity index (χ2n) is 6.63. The maximum absolute atomic E-state index is 13.7. The highest BCUT2D eigenvalue weighted by Crippen LogP contribution is 2.31. The van der Waals surface area contributed by atoms with Crippen molar-refractivity contribution in [2.45, 2.75) is 38.3 Å². The number of pyridine rings is 1. The summed E-state index contributed by atoms with van der Waals surface area (Å²) in [6.07, 6.45) is 7.87. The molecule has 0 aliphatic carbocycles. The number of likely N-dealkylation sites (tertiary alicyclic amines) is 1. The van der Waals surface area contributed by atoms with Crippen LogP contribution in [0.2, 0.25) is 0 Å². The predicted molar refractivity (Wildman–Crippen MR) is 95.5 cm³/mol. The van der Waals surface area contributed by atoms with E-state index in [1.165, 1.54) is 12.5 Å². The number of aromatic nitrogens is 3. The highest BCUT2D eigenvalue weighted by atomic mass is 19.1. The highest BCUT2D eigenvalue weighted by Gasteiger charge is 2.25. The van der Waals surface area contributed by atoms with Crippen LogP contribution in [0.1, 0.15) is 43.2 Å². The minimum absolute atomic E-state index is 0.168. The lowest BCUT2D eigenvalue weighted by Gasteiger charge is -2.29. The number of rotatable bonds is 4. The lowest BCUT2D eigenvalue weighted by atomic mass is 10.0. The molecule has 1 saturated heterocycles. The number of benzene rings is 1. The van der Waals surface area contributed by atoms with Gasteiger partial charge in [0.25, 0.3) is 0 Å². The van der Waals surface area contributed by atoms with Crippen molar-refractivity contribution in [3.8, 4) is 11.5 Å². The van der Waals surface area contributed by atoms with Crippen LogP contribution in [-0.4, -0.2) is 26.6 Å². The fourth-order valence-corrected chi connectivity index (χ4v) is 3.55. The molecule has 1 aliphatic heterocycles.